The Labute approximate surface area is 169 Å². The molecule has 0 aliphatic carbocycles. The van der Waals surface area contributed by atoms with Crippen molar-refractivity contribution in [3.8, 4) is 11.1 Å². The third-order valence-electron chi connectivity index (χ3n) is 5.52. The first kappa shape index (κ1) is 17.8. The number of rotatable bonds is 3. The van der Waals surface area contributed by atoms with E-state index in [0.29, 0.717) is 13.2 Å². The lowest BCUT2D eigenvalue weighted by molar-refractivity contribution is 0.0939. The molecule has 0 spiro atoms. The van der Waals surface area contributed by atoms with Crippen molar-refractivity contribution in [3.05, 3.63) is 71.9 Å². The Morgan fingerprint density at radius 2 is 1.90 bits per heavy atom. The first-order valence-electron chi connectivity index (χ1n) is 9.79. The highest BCUT2D eigenvalue weighted by Crippen LogP contribution is 2.35. The highest BCUT2D eigenvalue weighted by Gasteiger charge is 2.27. The predicted octanol–water partition coefficient (Wildman–Crippen LogP) is 4.48. The van der Waals surface area contributed by atoms with E-state index in [1.807, 2.05) is 26.0 Å². The summed E-state index contributed by atoms with van der Waals surface area (Å²) in [6.45, 7) is 6.00. The SMILES string of the molecule is Cc1noc(C)c1-c1ccc2ncnc(N3CCOCC3c3ccccc3)c2c1. The molecule has 146 valence electrons. The monoisotopic (exact) mass is 386 g/mol. The van der Waals surface area contributed by atoms with Crippen molar-refractivity contribution < 1.29 is 9.26 Å². The Hall–Kier alpha value is -3.25. The van der Waals surface area contributed by atoms with Crippen LogP contribution in [0.2, 0.25) is 0 Å². The van der Waals surface area contributed by atoms with Crippen LogP contribution in [-0.4, -0.2) is 34.9 Å². The Morgan fingerprint density at radius 3 is 2.69 bits per heavy atom. The van der Waals surface area contributed by atoms with E-state index in [1.54, 1.807) is 6.33 Å². The smallest absolute Gasteiger partial charge is 0.141 e. The topological polar surface area (TPSA) is 64.3 Å². The lowest BCUT2D eigenvalue weighted by Gasteiger charge is -2.37. The molecule has 2 aromatic heterocycles. The van der Waals surface area contributed by atoms with Crippen LogP contribution in [0.25, 0.3) is 22.0 Å². The minimum absolute atomic E-state index is 0.116. The summed E-state index contributed by atoms with van der Waals surface area (Å²) in [5, 5.41) is 5.12. The summed E-state index contributed by atoms with van der Waals surface area (Å²) in [5.41, 5.74) is 5.12. The summed E-state index contributed by atoms with van der Waals surface area (Å²) < 4.78 is 11.2. The number of ether oxygens (including phenoxy) is 1. The molecule has 1 aliphatic rings. The third kappa shape index (κ3) is 3.15. The zero-order valence-corrected chi connectivity index (χ0v) is 16.5. The molecule has 3 heterocycles. The summed E-state index contributed by atoms with van der Waals surface area (Å²) in [6.07, 6.45) is 1.64. The highest BCUT2D eigenvalue weighted by molar-refractivity contribution is 5.93. The van der Waals surface area contributed by atoms with Crippen molar-refractivity contribution in [1.29, 1.82) is 0 Å². The molecule has 6 heteroatoms. The van der Waals surface area contributed by atoms with Gasteiger partial charge in [0.1, 0.15) is 17.9 Å². The first-order chi connectivity index (χ1) is 14.2. The zero-order valence-electron chi connectivity index (χ0n) is 16.5. The van der Waals surface area contributed by atoms with Crippen LogP contribution in [0.5, 0.6) is 0 Å². The minimum atomic E-state index is 0.116. The molecular weight excluding hydrogens is 364 g/mol. The van der Waals surface area contributed by atoms with Crippen LogP contribution in [0.4, 0.5) is 5.82 Å². The van der Waals surface area contributed by atoms with Crippen molar-refractivity contribution in [3.63, 3.8) is 0 Å². The van der Waals surface area contributed by atoms with E-state index < -0.39 is 0 Å². The Kier molecular flexibility index (Phi) is 4.48. The predicted molar refractivity (Wildman–Crippen MR) is 112 cm³/mol. The molecule has 1 unspecified atom stereocenters. The second kappa shape index (κ2) is 7.29. The number of aromatic nitrogens is 3. The number of fused-ring (bicyclic) bond motifs is 1. The van der Waals surface area contributed by atoms with Crippen LogP contribution in [0, 0.1) is 13.8 Å². The molecule has 4 aromatic rings. The van der Waals surface area contributed by atoms with Gasteiger partial charge in [-0.05, 0) is 37.1 Å². The molecule has 0 radical (unpaired) electrons. The molecule has 0 N–H and O–H groups in total. The van der Waals surface area contributed by atoms with Crippen LogP contribution in [0.15, 0.2) is 59.4 Å². The molecule has 1 atom stereocenters. The molecule has 0 saturated carbocycles. The Morgan fingerprint density at radius 1 is 1.03 bits per heavy atom. The van der Waals surface area contributed by atoms with Gasteiger partial charge in [0.15, 0.2) is 0 Å². The van der Waals surface area contributed by atoms with E-state index in [9.17, 15) is 0 Å². The van der Waals surface area contributed by atoms with Gasteiger partial charge in [-0.2, -0.15) is 0 Å². The average molecular weight is 386 g/mol. The maximum atomic E-state index is 5.81. The van der Waals surface area contributed by atoms with Crippen LogP contribution < -0.4 is 4.90 Å². The number of hydrogen-bond acceptors (Lipinski definition) is 6. The number of anilines is 1. The van der Waals surface area contributed by atoms with Gasteiger partial charge in [-0.15, -0.1) is 0 Å². The summed E-state index contributed by atoms with van der Waals surface area (Å²) in [7, 11) is 0. The molecule has 0 bridgehead atoms. The molecule has 6 nitrogen and oxygen atoms in total. The number of hydrogen-bond donors (Lipinski definition) is 0. The second-order valence-electron chi connectivity index (χ2n) is 7.32. The largest absolute Gasteiger partial charge is 0.377 e. The molecular formula is C23H22N4O2. The molecule has 2 aromatic carbocycles. The summed E-state index contributed by atoms with van der Waals surface area (Å²) in [6, 6.07) is 16.8. The number of morpholine rings is 1. The van der Waals surface area contributed by atoms with Gasteiger partial charge in [0, 0.05) is 17.5 Å². The van der Waals surface area contributed by atoms with Gasteiger partial charge in [0.25, 0.3) is 0 Å². The molecule has 5 rings (SSSR count). The normalized spacial score (nSPS) is 17.0. The maximum absolute atomic E-state index is 5.81. The van der Waals surface area contributed by atoms with Gasteiger partial charge in [-0.25, -0.2) is 9.97 Å². The van der Waals surface area contributed by atoms with Crippen LogP contribution in [0.1, 0.15) is 23.1 Å². The maximum Gasteiger partial charge on any atom is 0.141 e. The fourth-order valence-electron chi connectivity index (χ4n) is 4.13. The molecule has 29 heavy (non-hydrogen) atoms. The van der Waals surface area contributed by atoms with E-state index >= 15 is 0 Å². The standard InChI is InChI=1S/C23H22N4O2/c1-15-22(16(2)29-26-15)18-8-9-20-19(12-18)23(25-14-24-20)27-10-11-28-13-21(27)17-6-4-3-5-7-17/h3-9,12,14,21H,10-11,13H2,1-2H3. The van der Waals surface area contributed by atoms with Crippen molar-refractivity contribution in [1.82, 2.24) is 15.1 Å². The van der Waals surface area contributed by atoms with E-state index in [-0.39, 0.29) is 6.04 Å². The van der Waals surface area contributed by atoms with Crippen LogP contribution in [0.3, 0.4) is 0 Å². The second-order valence-corrected chi connectivity index (χ2v) is 7.32. The van der Waals surface area contributed by atoms with E-state index in [2.05, 4.69) is 51.4 Å². The fourth-order valence-corrected chi connectivity index (χ4v) is 4.13. The quantitative estimate of drug-likeness (QED) is 0.517. The minimum Gasteiger partial charge on any atom is -0.377 e. The van der Waals surface area contributed by atoms with Crippen LogP contribution >= 0.6 is 0 Å². The molecule has 1 fully saturated rings. The number of nitrogens with zero attached hydrogens (tertiary/aromatic N) is 4. The Bertz CT molecular complexity index is 1140. The van der Waals surface area contributed by atoms with Gasteiger partial charge in [-0.1, -0.05) is 41.6 Å². The summed E-state index contributed by atoms with van der Waals surface area (Å²) >= 11 is 0. The van der Waals surface area contributed by atoms with Crippen molar-refractivity contribution in [2.24, 2.45) is 0 Å². The fraction of sp³-hybridized carbons (Fsp3) is 0.261. The first-order valence-corrected chi connectivity index (χ1v) is 9.79. The van der Waals surface area contributed by atoms with E-state index in [4.69, 9.17) is 14.2 Å². The van der Waals surface area contributed by atoms with Crippen molar-refractivity contribution >= 4 is 16.7 Å². The van der Waals surface area contributed by atoms with Gasteiger partial charge >= 0.3 is 0 Å². The lowest BCUT2D eigenvalue weighted by atomic mass is 10.0. The van der Waals surface area contributed by atoms with Gasteiger partial charge in [0.05, 0.1) is 30.5 Å². The Balaban J connectivity index is 1.65. The van der Waals surface area contributed by atoms with Gasteiger partial charge < -0.3 is 14.2 Å². The number of benzene rings is 2. The number of aryl methyl sites for hydroxylation is 2. The van der Waals surface area contributed by atoms with E-state index in [1.165, 1.54) is 5.56 Å². The van der Waals surface area contributed by atoms with Crippen molar-refractivity contribution in [2.45, 2.75) is 19.9 Å². The third-order valence-corrected chi connectivity index (χ3v) is 5.52. The van der Waals surface area contributed by atoms with Crippen LogP contribution in [-0.2, 0) is 4.74 Å². The molecule has 1 aliphatic heterocycles. The lowest BCUT2D eigenvalue weighted by Crippen LogP contribution is -2.40. The average Bonchev–Trinajstić information content (AvgIpc) is 3.11. The summed E-state index contributed by atoms with van der Waals surface area (Å²) in [4.78, 5) is 11.5. The molecule has 1 saturated heterocycles. The van der Waals surface area contributed by atoms with Gasteiger partial charge in [-0.3, -0.25) is 0 Å². The molecule has 0 amide bonds. The zero-order chi connectivity index (χ0) is 19.8. The van der Waals surface area contributed by atoms with Crippen molar-refractivity contribution in [2.75, 3.05) is 24.7 Å². The van der Waals surface area contributed by atoms with E-state index in [0.717, 1.165) is 45.8 Å². The van der Waals surface area contributed by atoms with Gasteiger partial charge in [0.2, 0.25) is 0 Å². The highest BCUT2D eigenvalue weighted by atomic mass is 16.5. The summed E-state index contributed by atoms with van der Waals surface area (Å²) in [5.74, 6) is 1.74.